The van der Waals surface area contributed by atoms with Gasteiger partial charge in [-0.05, 0) is 42.8 Å². The number of thioether (sulfide) groups is 1. The molecule has 0 bridgehead atoms. The van der Waals surface area contributed by atoms with Crippen molar-refractivity contribution in [2.45, 2.75) is 18.6 Å². The van der Waals surface area contributed by atoms with E-state index in [9.17, 15) is 4.79 Å². The maximum absolute atomic E-state index is 12.6. The molecule has 3 aromatic rings. The minimum Gasteiger partial charge on any atom is -0.497 e. The summed E-state index contributed by atoms with van der Waals surface area (Å²) in [5, 5.41) is 12.6. The van der Waals surface area contributed by atoms with Gasteiger partial charge in [0.1, 0.15) is 11.5 Å². The zero-order valence-electron chi connectivity index (χ0n) is 17.5. The Morgan fingerprint density at radius 3 is 2.61 bits per heavy atom. The van der Waals surface area contributed by atoms with Crippen molar-refractivity contribution in [3.05, 3.63) is 59.6 Å². The molecule has 0 aliphatic rings. The van der Waals surface area contributed by atoms with Gasteiger partial charge in [-0.15, -0.1) is 16.8 Å². The summed E-state index contributed by atoms with van der Waals surface area (Å²) in [5.41, 5.74) is 2.31. The Bertz CT molecular complexity index is 1080. The topological polar surface area (TPSA) is 78.3 Å². The molecule has 0 unspecified atom stereocenters. The summed E-state index contributed by atoms with van der Waals surface area (Å²) in [7, 11) is 3.15. The smallest absolute Gasteiger partial charge is 0.234 e. The van der Waals surface area contributed by atoms with E-state index in [4.69, 9.17) is 21.1 Å². The maximum Gasteiger partial charge on any atom is 0.234 e. The lowest BCUT2D eigenvalue weighted by Gasteiger charge is -2.12. The van der Waals surface area contributed by atoms with Gasteiger partial charge in [0.15, 0.2) is 11.0 Å². The van der Waals surface area contributed by atoms with Gasteiger partial charge in [0.2, 0.25) is 5.91 Å². The van der Waals surface area contributed by atoms with Crippen molar-refractivity contribution in [2.75, 3.05) is 25.3 Å². The van der Waals surface area contributed by atoms with Crippen LogP contribution >= 0.6 is 23.4 Å². The van der Waals surface area contributed by atoms with Crippen molar-refractivity contribution in [1.82, 2.24) is 14.8 Å². The highest BCUT2D eigenvalue weighted by molar-refractivity contribution is 7.99. The van der Waals surface area contributed by atoms with Gasteiger partial charge in [-0.3, -0.25) is 9.36 Å². The number of amides is 1. The highest BCUT2D eigenvalue weighted by Crippen LogP contribution is 2.31. The number of aryl methyl sites for hydroxylation is 1. The summed E-state index contributed by atoms with van der Waals surface area (Å²) in [6.07, 6.45) is 1.77. The summed E-state index contributed by atoms with van der Waals surface area (Å²) in [4.78, 5) is 12.6. The van der Waals surface area contributed by atoms with Crippen LogP contribution in [-0.4, -0.2) is 40.6 Å². The number of nitrogens with zero attached hydrogens (tertiary/aromatic N) is 3. The van der Waals surface area contributed by atoms with Crippen LogP contribution in [-0.2, 0) is 11.3 Å². The molecule has 0 saturated heterocycles. The lowest BCUT2D eigenvalue weighted by Crippen LogP contribution is -2.15. The number of hydrogen-bond acceptors (Lipinski definition) is 6. The van der Waals surface area contributed by atoms with Gasteiger partial charge in [0.25, 0.3) is 0 Å². The normalized spacial score (nSPS) is 10.6. The van der Waals surface area contributed by atoms with E-state index in [1.165, 1.54) is 18.9 Å². The molecular formula is C22H23ClN4O3S. The molecule has 0 aliphatic carbocycles. The molecule has 0 spiro atoms. The van der Waals surface area contributed by atoms with E-state index >= 15 is 0 Å². The predicted molar refractivity (Wildman–Crippen MR) is 124 cm³/mol. The first-order valence-electron chi connectivity index (χ1n) is 9.42. The summed E-state index contributed by atoms with van der Waals surface area (Å²) in [5.74, 6) is 1.93. The number of anilines is 1. The fraction of sp³-hybridized carbons (Fsp3) is 0.227. The number of aromatic nitrogens is 3. The molecule has 1 aromatic heterocycles. The maximum atomic E-state index is 12.6. The molecule has 9 heteroatoms. The first kappa shape index (κ1) is 22.7. The first-order chi connectivity index (χ1) is 15.0. The number of hydrogen-bond donors (Lipinski definition) is 1. The van der Waals surface area contributed by atoms with Gasteiger partial charge in [-0.2, -0.15) is 0 Å². The van der Waals surface area contributed by atoms with Crippen molar-refractivity contribution in [3.8, 4) is 22.9 Å². The van der Waals surface area contributed by atoms with Crippen molar-refractivity contribution in [2.24, 2.45) is 0 Å². The molecule has 0 atom stereocenters. The molecule has 162 valence electrons. The number of benzene rings is 2. The molecule has 1 N–H and O–H groups in total. The van der Waals surface area contributed by atoms with Gasteiger partial charge in [0.05, 0.1) is 25.7 Å². The third-order valence-electron chi connectivity index (χ3n) is 4.46. The van der Waals surface area contributed by atoms with E-state index in [-0.39, 0.29) is 11.7 Å². The summed E-state index contributed by atoms with van der Waals surface area (Å²) < 4.78 is 12.4. The largest absolute Gasteiger partial charge is 0.497 e. The van der Waals surface area contributed by atoms with E-state index in [0.29, 0.717) is 34.0 Å². The van der Waals surface area contributed by atoms with Crippen molar-refractivity contribution < 1.29 is 14.3 Å². The highest BCUT2D eigenvalue weighted by Gasteiger charge is 2.16. The zero-order chi connectivity index (χ0) is 22.4. The number of halogens is 1. The van der Waals surface area contributed by atoms with Crippen molar-refractivity contribution >= 4 is 35.0 Å². The van der Waals surface area contributed by atoms with E-state index in [2.05, 4.69) is 22.1 Å². The van der Waals surface area contributed by atoms with Crippen LogP contribution < -0.4 is 14.8 Å². The zero-order valence-corrected chi connectivity index (χ0v) is 19.1. The molecule has 1 heterocycles. The summed E-state index contributed by atoms with van der Waals surface area (Å²) in [6.45, 7) is 6.20. The molecule has 0 radical (unpaired) electrons. The molecule has 1 amide bonds. The number of ether oxygens (including phenoxy) is 2. The molecule has 0 fully saturated rings. The van der Waals surface area contributed by atoms with E-state index in [1.807, 2.05) is 35.8 Å². The first-order valence-corrected chi connectivity index (χ1v) is 10.8. The van der Waals surface area contributed by atoms with Crippen LogP contribution in [0.25, 0.3) is 11.4 Å². The number of nitrogens with one attached hydrogen (secondary N) is 1. The van der Waals surface area contributed by atoms with E-state index in [0.717, 1.165) is 16.9 Å². The minimum absolute atomic E-state index is 0.155. The highest BCUT2D eigenvalue weighted by atomic mass is 35.5. The molecule has 0 aliphatic heterocycles. The minimum atomic E-state index is -0.191. The monoisotopic (exact) mass is 458 g/mol. The van der Waals surface area contributed by atoms with Crippen LogP contribution in [0.15, 0.2) is 54.2 Å². The predicted octanol–water partition coefficient (Wildman–Crippen LogP) is 4.84. The van der Waals surface area contributed by atoms with Crippen LogP contribution in [0.1, 0.15) is 5.56 Å². The van der Waals surface area contributed by atoms with Crippen molar-refractivity contribution in [3.63, 3.8) is 0 Å². The Balaban J connectivity index is 1.74. The molecule has 31 heavy (non-hydrogen) atoms. The second-order valence-corrected chi connectivity index (χ2v) is 7.92. The van der Waals surface area contributed by atoms with Gasteiger partial charge in [-0.1, -0.05) is 29.4 Å². The summed E-state index contributed by atoms with van der Waals surface area (Å²) in [6, 6.07) is 11.0. The van der Waals surface area contributed by atoms with Gasteiger partial charge >= 0.3 is 0 Å². The van der Waals surface area contributed by atoms with E-state index in [1.54, 1.807) is 25.3 Å². The average Bonchev–Trinajstić information content (AvgIpc) is 3.17. The number of carbonyl (C=O) groups is 1. The SMILES string of the molecule is C=CCn1c(SCC(=O)Nc2cc(C)c(Cl)cc2OC)nnc1-c1ccc(OC)cc1. The Kier molecular flexibility index (Phi) is 7.59. The Hall–Kier alpha value is -2.97. The summed E-state index contributed by atoms with van der Waals surface area (Å²) >= 11 is 7.43. The van der Waals surface area contributed by atoms with Gasteiger partial charge < -0.3 is 14.8 Å². The number of rotatable bonds is 9. The van der Waals surface area contributed by atoms with Crippen LogP contribution in [0.2, 0.25) is 5.02 Å². The van der Waals surface area contributed by atoms with Crippen LogP contribution in [0.3, 0.4) is 0 Å². The standard InChI is InChI=1S/C22H23ClN4O3S/c1-5-10-27-21(15-6-8-16(29-3)9-7-15)25-26-22(27)31-13-20(28)24-18-11-14(2)17(23)12-19(18)30-4/h5-9,11-12H,1,10,13H2,2-4H3,(H,24,28). The van der Waals surface area contributed by atoms with Gasteiger partial charge in [0, 0.05) is 23.2 Å². The lowest BCUT2D eigenvalue weighted by atomic mass is 10.2. The number of methoxy groups -OCH3 is 2. The lowest BCUT2D eigenvalue weighted by molar-refractivity contribution is -0.113. The van der Waals surface area contributed by atoms with Crippen LogP contribution in [0.4, 0.5) is 5.69 Å². The number of allylic oxidation sites excluding steroid dienone is 1. The second kappa shape index (κ2) is 10.4. The van der Waals surface area contributed by atoms with Gasteiger partial charge in [-0.25, -0.2) is 0 Å². The molecule has 2 aromatic carbocycles. The fourth-order valence-corrected chi connectivity index (χ4v) is 3.79. The third kappa shape index (κ3) is 5.39. The Labute approximate surface area is 190 Å². The molecule has 0 saturated carbocycles. The average molecular weight is 459 g/mol. The fourth-order valence-electron chi connectivity index (χ4n) is 2.89. The van der Waals surface area contributed by atoms with E-state index < -0.39 is 0 Å². The third-order valence-corrected chi connectivity index (χ3v) is 5.84. The van der Waals surface area contributed by atoms with Crippen LogP contribution in [0, 0.1) is 6.92 Å². The molecular weight excluding hydrogens is 436 g/mol. The molecule has 7 nitrogen and oxygen atoms in total. The molecule has 3 rings (SSSR count). The Morgan fingerprint density at radius 1 is 1.23 bits per heavy atom. The quantitative estimate of drug-likeness (QED) is 0.365. The number of carbonyl (C=O) groups excluding carboxylic acids is 1. The van der Waals surface area contributed by atoms with Crippen molar-refractivity contribution in [1.29, 1.82) is 0 Å². The second-order valence-electron chi connectivity index (χ2n) is 6.57. The van der Waals surface area contributed by atoms with Crippen LogP contribution in [0.5, 0.6) is 11.5 Å². The Morgan fingerprint density at radius 2 is 1.97 bits per heavy atom.